The third kappa shape index (κ3) is 2.23. The van der Waals surface area contributed by atoms with Crippen LogP contribution in [0, 0.1) is 8.80 Å². The fourth-order valence-corrected chi connectivity index (χ4v) is 3.03. The number of halogens is 1. The highest BCUT2D eigenvalue weighted by Crippen LogP contribution is 2.29. The van der Waals surface area contributed by atoms with E-state index in [1.165, 1.54) is 8.45 Å². The first kappa shape index (κ1) is 9.89. The highest BCUT2D eigenvalue weighted by molar-refractivity contribution is 14.1. The summed E-state index contributed by atoms with van der Waals surface area (Å²) in [4.78, 5) is 0. The maximum absolute atomic E-state index is 6.14. The summed E-state index contributed by atoms with van der Waals surface area (Å²) in [6, 6.07) is 2.34. The van der Waals surface area contributed by atoms with Crippen LogP contribution in [0.1, 0.15) is 18.0 Å². The summed E-state index contributed by atoms with van der Waals surface area (Å²) < 4.78 is 6.64. The molecule has 2 unspecified atom stereocenters. The molecule has 0 radical (unpaired) electrons. The van der Waals surface area contributed by atoms with Gasteiger partial charge in [-0.15, -0.1) is 11.3 Å². The van der Waals surface area contributed by atoms with Crippen LogP contribution in [-0.2, 0) is 4.74 Å². The molecule has 2 atom stereocenters. The van der Waals surface area contributed by atoms with Crippen LogP contribution < -0.4 is 5.73 Å². The van der Waals surface area contributed by atoms with E-state index in [1.54, 1.807) is 11.3 Å². The minimum atomic E-state index is 0.169. The largest absolute Gasteiger partial charge is 0.381 e. The van der Waals surface area contributed by atoms with Crippen molar-refractivity contribution in [1.29, 1.82) is 0 Å². The molecule has 0 amide bonds. The predicted molar refractivity (Wildman–Crippen MR) is 62.9 cm³/mol. The second kappa shape index (κ2) is 4.25. The molecule has 2 N–H and O–H groups in total. The monoisotopic (exact) mass is 309 g/mol. The summed E-state index contributed by atoms with van der Waals surface area (Å²) in [5.74, 6) is 0.519. The fourth-order valence-electron chi connectivity index (χ4n) is 1.61. The number of rotatable bonds is 2. The average molecular weight is 309 g/mol. The van der Waals surface area contributed by atoms with Gasteiger partial charge in [-0.1, -0.05) is 0 Å². The maximum atomic E-state index is 6.14. The molecule has 1 aliphatic rings. The lowest BCUT2D eigenvalue weighted by Gasteiger charge is -2.15. The lowest BCUT2D eigenvalue weighted by molar-refractivity contribution is 0.181. The Morgan fingerprint density at radius 2 is 2.54 bits per heavy atom. The van der Waals surface area contributed by atoms with Crippen LogP contribution in [0.25, 0.3) is 0 Å². The molecule has 0 spiro atoms. The van der Waals surface area contributed by atoms with Gasteiger partial charge in [0.15, 0.2) is 0 Å². The smallest absolute Gasteiger partial charge is 0.0656 e. The molecule has 1 saturated heterocycles. The van der Waals surface area contributed by atoms with E-state index < -0.39 is 0 Å². The highest BCUT2D eigenvalue weighted by Gasteiger charge is 2.24. The fraction of sp³-hybridized carbons (Fsp3) is 0.556. The van der Waals surface area contributed by atoms with E-state index >= 15 is 0 Å². The Morgan fingerprint density at radius 1 is 1.69 bits per heavy atom. The van der Waals surface area contributed by atoms with Crippen molar-refractivity contribution < 1.29 is 4.74 Å². The summed E-state index contributed by atoms with van der Waals surface area (Å²) in [6.45, 7) is 1.70. The van der Waals surface area contributed by atoms with Gasteiger partial charge in [-0.2, -0.15) is 0 Å². The Labute approximate surface area is 95.6 Å². The number of nitrogens with two attached hydrogens (primary N) is 1. The molecule has 0 bridgehead atoms. The minimum Gasteiger partial charge on any atom is -0.381 e. The summed E-state index contributed by atoms with van der Waals surface area (Å²) in [5, 5.41) is 2.16. The van der Waals surface area contributed by atoms with Gasteiger partial charge in [-0.25, -0.2) is 0 Å². The Bertz CT molecular complexity index is 283. The van der Waals surface area contributed by atoms with Gasteiger partial charge in [-0.3, -0.25) is 0 Å². The van der Waals surface area contributed by atoms with E-state index in [9.17, 15) is 0 Å². The van der Waals surface area contributed by atoms with Crippen molar-refractivity contribution in [3.05, 3.63) is 19.9 Å². The van der Waals surface area contributed by atoms with Gasteiger partial charge in [0, 0.05) is 18.6 Å². The lowest BCUT2D eigenvalue weighted by Crippen LogP contribution is -2.20. The van der Waals surface area contributed by atoms with Gasteiger partial charge in [0.1, 0.15) is 0 Å². The van der Waals surface area contributed by atoms with Crippen molar-refractivity contribution in [2.75, 3.05) is 13.2 Å². The summed E-state index contributed by atoms with van der Waals surface area (Å²) in [6.07, 6.45) is 1.10. The SMILES string of the molecule is NC(c1csc(I)c1)C1CCOC1. The van der Waals surface area contributed by atoms with Crippen molar-refractivity contribution in [1.82, 2.24) is 0 Å². The zero-order valence-corrected chi connectivity index (χ0v) is 10.2. The first-order valence-electron chi connectivity index (χ1n) is 4.34. The summed E-state index contributed by atoms with van der Waals surface area (Å²) >= 11 is 4.09. The van der Waals surface area contributed by atoms with E-state index in [0.717, 1.165) is 19.6 Å². The topological polar surface area (TPSA) is 35.2 Å². The first-order chi connectivity index (χ1) is 6.27. The third-order valence-electron chi connectivity index (χ3n) is 2.45. The van der Waals surface area contributed by atoms with Crippen molar-refractivity contribution in [3.8, 4) is 0 Å². The number of hydrogen-bond donors (Lipinski definition) is 1. The molecule has 0 aromatic carbocycles. The number of thiophene rings is 1. The van der Waals surface area contributed by atoms with Crippen LogP contribution in [0.5, 0.6) is 0 Å². The minimum absolute atomic E-state index is 0.169. The van der Waals surface area contributed by atoms with E-state index in [-0.39, 0.29) is 6.04 Å². The van der Waals surface area contributed by atoms with Crippen LogP contribution >= 0.6 is 33.9 Å². The Balaban J connectivity index is 2.07. The van der Waals surface area contributed by atoms with Gasteiger partial charge >= 0.3 is 0 Å². The molecule has 0 aliphatic carbocycles. The van der Waals surface area contributed by atoms with E-state index in [1.807, 2.05) is 0 Å². The number of hydrogen-bond acceptors (Lipinski definition) is 3. The van der Waals surface area contributed by atoms with E-state index in [4.69, 9.17) is 10.5 Å². The second-order valence-electron chi connectivity index (χ2n) is 3.33. The maximum Gasteiger partial charge on any atom is 0.0656 e. The van der Waals surface area contributed by atoms with E-state index in [0.29, 0.717) is 5.92 Å². The van der Waals surface area contributed by atoms with Crippen LogP contribution in [0.15, 0.2) is 11.4 Å². The zero-order valence-electron chi connectivity index (χ0n) is 7.20. The lowest BCUT2D eigenvalue weighted by atomic mass is 9.95. The molecular weight excluding hydrogens is 297 g/mol. The van der Waals surface area contributed by atoms with Gasteiger partial charge in [0.05, 0.1) is 9.49 Å². The summed E-state index contributed by atoms with van der Waals surface area (Å²) in [7, 11) is 0. The van der Waals surface area contributed by atoms with Crippen LogP contribution in [0.2, 0.25) is 0 Å². The standard InChI is InChI=1S/C9H12INOS/c10-8-3-7(5-13-8)9(11)6-1-2-12-4-6/h3,5-6,9H,1-2,4,11H2. The molecule has 2 heterocycles. The molecule has 2 nitrogen and oxygen atoms in total. The summed E-state index contributed by atoms with van der Waals surface area (Å²) in [5.41, 5.74) is 7.41. The second-order valence-corrected chi connectivity index (χ2v) is 6.14. The molecular formula is C9H12INOS. The molecule has 1 aliphatic heterocycles. The molecule has 1 aromatic heterocycles. The highest BCUT2D eigenvalue weighted by atomic mass is 127. The van der Waals surface area contributed by atoms with Gasteiger partial charge in [0.2, 0.25) is 0 Å². The Hall–Kier alpha value is 0.350. The molecule has 13 heavy (non-hydrogen) atoms. The molecule has 0 saturated carbocycles. The average Bonchev–Trinajstić information content (AvgIpc) is 2.72. The zero-order chi connectivity index (χ0) is 9.26. The van der Waals surface area contributed by atoms with Crippen molar-refractivity contribution in [3.63, 3.8) is 0 Å². The molecule has 4 heteroatoms. The van der Waals surface area contributed by atoms with Gasteiger partial charge < -0.3 is 10.5 Å². The van der Waals surface area contributed by atoms with Crippen LogP contribution in [0.4, 0.5) is 0 Å². The van der Waals surface area contributed by atoms with E-state index in [2.05, 4.69) is 34.0 Å². The molecule has 1 fully saturated rings. The van der Waals surface area contributed by atoms with Crippen molar-refractivity contribution in [2.45, 2.75) is 12.5 Å². The first-order valence-corrected chi connectivity index (χ1v) is 6.30. The van der Waals surface area contributed by atoms with Crippen molar-refractivity contribution in [2.24, 2.45) is 11.7 Å². The van der Waals surface area contributed by atoms with Crippen LogP contribution in [0.3, 0.4) is 0 Å². The quantitative estimate of drug-likeness (QED) is 0.852. The Kier molecular flexibility index (Phi) is 3.23. The van der Waals surface area contributed by atoms with Gasteiger partial charge in [-0.05, 0) is 46.0 Å². The molecule has 72 valence electrons. The van der Waals surface area contributed by atoms with Crippen LogP contribution in [-0.4, -0.2) is 13.2 Å². The molecule has 2 rings (SSSR count). The third-order valence-corrected chi connectivity index (χ3v) is 4.25. The number of ether oxygens (including phenoxy) is 1. The Morgan fingerprint density at radius 3 is 3.08 bits per heavy atom. The van der Waals surface area contributed by atoms with Crippen molar-refractivity contribution >= 4 is 33.9 Å². The molecule has 1 aromatic rings. The van der Waals surface area contributed by atoms with Gasteiger partial charge in [0.25, 0.3) is 0 Å². The predicted octanol–water partition coefficient (Wildman–Crippen LogP) is 2.39. The normalized spacial score (nSPS) is 24.9.